The largest absolute Gasteiger partial charge is 0.493 e. The summed E-state index contributed by atoms with van der Waals surface area (Å²) in [7, 11) is 4.83. The lowest BCUT2D eigenvalue weighted by Crippen LogP contribution is -2.28. The highest BCUT2D eigenvalue weighted by Crippen LogP contribution is 2.34. The normalized spacial score (nSPS) is 13.4. The first-order valence-electron chi connectivity index (χ1n) is 10.6. The van der Waals surface area contributed by atoms with E-state index in [0.717, 1.165) is 5.69 Å². The number of aromatic nitrogens is 2. The topological polar surface area (TPSA) is 103 Å². The summed E-state index contributed by atoms with van der Waals surface area (Å²) in [5, 5.41) is 4.15. The Morgan fingerprint density at radius 3 is 2.46 bits per heavy atom. The fourth-order valence-corrected chi connectivity index (χ4v) is 3.64. The summed E-state index contributed by atoms with van der Waals surface area (Å²) >= 11 is 5.95. The van der Waals surface area contributed by atoms with Gasteiger partial charge in [-0.3, -0.25) is 9.59 Å². The zero-order valence-electron chi connectivity index (χ0n) is 19.4. The smallest absolute Gasteiger partial charge is 0.204 e. The molecule has 3 aromatic rings. The van der Waals surface area contributed by atoms with Crippen LogP contribution in [0.4, 0.5) is 11.5 Å². The van der Waals surface area contributed by atoms with E-state index in [9.17, 15) is 9.59 Å². The predicted molar refractivity (Wildman–Crippen MR) is 133 cm³/mol. The maximum atomic E-state index is 12.9. The molecule has 0 saturated heterocycles. The van der Waals surface area contributed by atoms with E-state index in [1.54, 1.807) is 55.5 Å². The third-order valence-corrected chi connectivity index (χ3v) is 5.61. The summed E-state index contributed by atoms with van der Waals surface area (Å²) in [6.45, 7) is 0.766. The summed E-state index contributed by atoms with van der Waals surface area (Å²) in [6, 6.07) is 10.4. The van der Waals surface area contributed by atoms with Crippen LogP contribution >= 0.6 is 11.6 Å². The van der Waals surface area contributed by atoms with Crippen LogP contribution in [0.1, 0.15) is 0 Å². The van der Waals surface area contributed by atoms with Gasteiger partial charge in [0.1, 0.15) is 18.8 Å². The predicted octanol–water partition coefficient (Wildman–Crippen LogP) is 3.78. The number of methoxy groups -OCH3 is 2. The monoisotopic (exact) mass is 494 g/mol. The fourth-order valence-electron chi connectivity index (χ4n) is 3.51. The molecule has 0 amide bonds. The average molecular weight is 495 g/mol. The first kappa shape index (κ1) is 24.2. The molecule has 35 heavy (non-hydrogen) atoms. The molecule has 0 unspecified atom stereocenters. The Labute approximate surface area is 207 Å². The van der Waals surface area contributed by atoms with Crippen molar-refractivity contribution in [1.29, 1.82) is 0 Å². The number of nitrogens with one attached hydrogen (secondary N) is 1. The molecule has 0 bridgehead atoms. The van der Waals surface area contributed by atoms with Crippen molar-refractivity contribution in [3.8, 4) is 11.5 Å². The van der Waals surface area contributed by atoms with Gasteiger partial charge in [-0.15, -0.1) is 0 Å². The number of hydrogen-bond acceptors (Lipinski definition) is 9. The van der Waals surface area contributed by atoms with Crippen LogP contribution in [0.15, 0.2) is 66.3 Å². The van der Waals surface area contributed by atoms with Crippen LogP contribution in [0, 0.1) is 0 Å². The zero-order chi connectivity index (χ0) is 24.9. The average Bonchev–Trinajstić information content (AvgIpc) is 2.86. The summed E-state index contributed by atoms with van der Waals surface area (Å²) in [4.78, 5) is 36.0. The number of halogens is 1. The van der Waals surface area contributed by atoms with Gasteiger partial charge in [0.2, 0.25) is 11.6 Å². The number of likely N-dealkylation sites (N-methyl/N-ethyl adjacent to an activating group) is 1. The van der Waals surface area contributed by atoms with Gasteiger partial charge in [0.15, 0.2) is 11.5 Å². The molecule has 0 spiro atoms. The van der Waals surface area contributed by atoms with Crippen molar-refractivity contribution in [3.05, 3.63) is 71.3 Å². The Hall–Kier alpha value is -3.95. The van der Waals surface area contributed by atoms with Crippen LogP contribution < -0.4 is 19.7 Å². The molecule has 0 saturated carbocycles. The molecule has 0 atom stereocenters. The molecule has 0 fully saturated rings. The van der Waals surface area contributed by atoms with Crippen molar-refractivity contribution in [2.24, 2.45) is 0 Å². The van der Waals surface area contributed by atoms with E-state index in [0.29, 0.717) is 46.5 Å². The minimum Gasteiger partial charge on any atom is -0.493 e. The van der Waals surface area contributed by atoms with E-state index < -0.39 is 0 Å². The number of carbonyl (C=O) groups excluding carboxylic acids is 2. The fraction of sp³-hybridized carbons (Fsp3) is 0.200. The lowest BCUT2D eigenvalue weighted by molar-refractivity contribution is -0.115. The van der Waals surface area contributed by atoms with Crippen molar-refractivity contribution in [2.75, 3.05) is 44.7 Å². The number of ether oxygens (including phenoxy) is 3. The number of carbonyl (C=O) groups is 2. The Morgan fingerprint density at radius 1 is 0.971 bits per heavy atom. The molecule has 1 heterocycles. The second-order valence-electron chi connectivity index (χ2n) is 7.56. The van der Waals surface area contributed by atoms with E-state index in [1.165, 1.54) is 25.6 Å². The molecule has 1 aromatic heterocycles. The van der Waals surface area contributed by atoms with Gasteiger partial charge in [0.25, 0.3) is 0 Å². The highest BCUT2D eigenvalue weighted by molar-refractivity contribution is 6.30. The van der Waals surface area contributed by atoms with Crippen molar-refractivity contribution >= 4 is 45.6 Å². The maximum absolute atomic E-state index is 12.9. The molecule has 1 aliphatic rings. The van der Waals surface area contributed by atoms with Gasteiger partial charge in [0, 0.05) is 48.5 Å². The first-order valence-corrected chi connectivity index (χ1v) is 11.0. The highest BCUT2D eigenvalue weighted by atomic mass is 35.5. The van der Waals surface area contributed by atoms with E-state index in [4.69, 9.17) is 25.8 Å². The van der Waals surface area contributed by atoms with Crippen LogP contribution in [0.2, 0.25) is 5.02 Å². The highest BCUT2D eigenvalue weighted by Gasteiger charge is 2.24. The van der Waals surface area contributed by atoms with E-state index in [2.05, 4.69) is 15.3 Å². The SMILES string of the molecule is COCCOc1cc2ncnc(NC3=CC(=O)C(N(C)c4ccc(Cl)cc4)=CC3=O)c2cc1OC. The van der Waals surface area contributed by atoms with Gasteiger partial charge >= 0.3 is 0 Å². The number of hydrogen-bond donors (Lipinski definition) is 1. The van der Waals surface area contributed by atoms with Gasteiger partial charge < -0.3 is 24.4 Å². The molecular weight excluding hydrogens is 472 g/mol. The molecule has 10 heteroatoms. The second kappa shape index (κ2) is 10.5. The standard InChI is InChI=1S/C25H23ClN4O5/c1-30(16-6-4-15(26)5-7-16)20-13-21(31)19(11-22(20)32)29-25-17-10-23(34-3)24(35-9-8-33-2)12-18(17)27-14-28-25/h4-7,10-14H,8-9H2,1-3H3,(H,27,28,29). The number of benzene rings is 2. The molecule has 1 aliphatic carbocycles. The third-order valence-electron chi connectivity index (χ3n) is 5.36. The molecule has 1 N–H and O–H groups in total. The molecule has 4 rings (SSSR count). The van der Waals surface area contributed by atoms with Crippen LogP contribution in [0.25, 0.3) is 10.9 Å². The van der Waals surface area contributed by atoms with Gasteiger partial charge in [-0.2, -0.15) is 0 Å². The van der Waals surface area contributed by atoms with Crippen molar-refractivity contribution in [3.63, 3.8) is 0 Å². The van der Waals surface area contributed by atoms with Gasteiger partial charge in [0.05, 0.1) is 30.6 Å². The Morgan fingerprint density at radius 2 is 1.74 bits per heavy atom. The number of allylic oxidation sites excluding steroid dienone is 2. The molecular formula is C25H23ClN4O5. The van der Waals surface area contributed by atoms with Gasteiger partial charge in [-0.25, -0.2) is 9.97 Å². The number of anilines is 2. The van der Waals surface area contributed by atoms with E-state index in [-0.39, 0.29) is 23.0 Å². The van der Waals surface area contributed by atoms with Crippen molar-refractivity contribution < 1.29 is 23.8 Å². The molecule has 9 nitrogen and oxygen atoms in total. The summed E-state index contributed by atoms with van der Waals surface area (Å²) in [5.41, 5.74) is 1.64. The van der Waals surface area contributed by atoms with Crippen LogP contribution in [0.5, 0.6) is 11.5 Å². The number of rotatable bonds is 9. The number of ketones is 2. The molecule has 0 aliphatic heterocycles. The van der Waals surface area contributed by atoms with Gasteiger partial charge in [-0.1, -0.05) is 11.6 Å². The lowest BCUT2D eigenvalue weighted by atomic mass is 10.0. The number of fused-ring (bicyclic) bond motifs is 1. The van der Waals surface area contributed by atoms with Gasteiger partial charge in [-0.05, 0) is 30.3 Å². The first-order chi connectivity index (χ1) is 16.9. The Kier molecular flexibility index (Phi) is 7.28. The minimum absolute atomic E-state index is 0.0997. The number of nitrogens with zero attached hydrogens (tertiary/aromatic N) is 3. The summed E-state index contributed by atoms with van der Waals surface area (Å²) in [5.74, 6) is 0.640. The second-order valence-corrected chi connectivity index (χ2v) is 8.00. The minimum atomic E-state index is -0.362. The Bertz CT molecular complexity index is 1340. The molecule has 2 aromatic carbocycles. The van der Waals surface area contributed by atoms with Crippen molar-refractivity contribution in [1.82, 2.24) is 9.97 Å². The summed E-state index contributed by atoms with van der Waals surface area (Å²) < 4.78 is 16.2. The van der Waals surface area contributed by atoms with Crippen LogP contribution in [-0.2, 0) is 14.3 Å². The molecule has 0 radical (unpaired) electrons. The molecule has 180 valence electrons. The summed E-state index contributed by atoms with van der Waals surface area (Å²) in [6.07, 6.45) is 3.92. The van der Waals surface area contributed by atoms with Crippen molar-refractivity contribution in [2.45, 2.75) is 0 Å². The zero-order valence-corrected chi connectivity index (χ0v) is 20.1. The van der Waals surface area contributed by atoms with Crippen LogP contribution in [-0.4, -0.2) is 56.0 Å². The Balaban J connectivity index is 1.59. The van der Waals surface area contributed by atoms with E-state index >= 15 is 0 Å². The van der Waals surface area contributed by atoms with Crippen LogP contribution in [0.3, 0.4) is 0 Å². The third kappa shape index (κ3) is 5.26. The quantitative estimate of drug-likeness (QED) is 0.351. The lowest BCUT2D eigenvalue weighted by Gasteiger charge is -2.23. The maximum Gasteiger partial charge on any atom is 0.204 e. The van der Waals surface area contributed by atoms with E-state index in [1.807, 2.05) is 0 Å².